The lowest BCUT2D eigenvalue weighted by Gasteiger charge is -2.13. The maximum absolute atomic E-state index is 11.4. The standard InChI is InChI=1S/C15H22N2O/c1-4-10-16-14(18)9-11-17-15-12(3)7-6-8-13(15)5-2/h4,6-8,17H,1,5,9-11H2,2-3H3,(H,16,18). The molecule has 0 atom stereocenters. The van der Waals surface area contributed by atoms with Crippen molar-refractivity contribution in [2.45, 2.75) is 26.7 Å². The van der Waals surface area contributed by atoms with Gasteiger partial charge >= 0.3 is 0 Å². The quantitative estimate of drug-likeness (QED) is 0.726. The van der Waals surface area contributed by atoms with Crippen LogP contribution >= 0.6 is 0 Å². The van der Waals surface area contributed by atoms with Crippen molar-refractivity contribution in [2.75, 3.05) is 18.4 Å². The lowest BCUT2D eigenvalue weighted by Crippen LogP contribution is -2.25. The summed E-state index contributed by atoms with van der Waals surface area (Å²) in [6, 6.07) is 6.27. The van der Waals surface area contributed by atoms with Crippen LogP contribution in [0.1, 0.15) is 24.5 Å². The van der Waals surface area contributed by atoms with Gasteiger partial charge in [-0.1, -0.05) is 31.2 Å². The maximum atomic E-state index is 11.4. The Morgan fingerprint density at radius 1 is 1.44 bits per heavy atom. The summed E-state index contributed by atoms with van der Waals surface area (Å²) in [6.45, 7) is 8.97. The predicted molar refractivity (Wildman–Crippen MR) is 76.9 cm³/mol. The van der Waals surface area contributed by atoms with Gasteiger partial charge < -0.3 is 10.6 Å². The van der Waals surface area contributed by atoms with Gasteiger partial charge in [-0.15, -0.1) is 6.58 Å². The number of anilines is 1. The first-order valence-electron chi connectivity index (χ1n) is 6.39. The molecule has 18 heavy (non-hydrogen) atoms. The Kier molecular flexibility index (Phi) is 5.98. The van der Waals surface area contributed by atoms with E-state index in [-0.39, 0.29) is 5.91 Å². The second-order valence-electron chi connectivity index (χ2n) is 4.23. The van der Waals surface area contributed by atoms with Gasteiger partial charge in [0.05, 0.1) is 0 Å². The van der Waals surface area contributed by atoms with Gasteiger partial charge in [-0.05, 0) is 24.5 Å². The first-order valence-corrected chi connectivity index (χ1v) is 6.39. The minimum absolute atomic E-state index is 0.0500. The fraction of sp³-hybridized carbons (Fsp3) is 0.400. The third-order valence-corrected chi connectivity index (χ3v) is 2.84. The van der Waals surface area contributed by atoms with Gasteiger partial charge in [0, 0.05) is 25.2 Å². The van der Waals surface area contributed by atoms with Crippen LogP contribution in [0.3, 0.4) is 0 Å². The highest BCUT2D eigenvalue weighted by Crippen LogP contribution is 2.20. The highest BCUT2D eigenvalue weighted by molar-refractivity contribution is 5.76. The minimum atomic E-state index is 0.0500. The third kappa shape index (κ3) is 4.24. The molecule has 0 aliphatic heterocycles. The zero-order chi connectivity index (χ0) is 13.4. The largest absolute Gasteiger partial charge is 0.384 e. The Morgan fingerprint density at radius 2 is 2.22 bits per heavy atom. The molecule has 1 rings (SSSR count). The van der Waals surface area contributed by atoms with E-state index >= 15 is 0 Å². The molecule has 1 amide bonds. The number of hydrogen-bond donors (Lipinski definition) is 2. The van der Waals surface area contributed by atoms with Crippen molar-refractivity contribution < 1.29 is 4.79 Å². The second-order valence-corrected chi connectivity index (χ2v) is 4.23. The van der Waals surface area contributed by atoms with Crippen molar-refractivity contribution in [1.82, 2.24) is 5.32 Å². The molecule has 0 saturated carbocycles. The van der Waals surface area contributed by atoms with Crippen molar-refractivity contribution in [3.63, 3.8) is 0 Å². The Hall–Kier alpha value is -1.77. The average Bonchev–Trinajstić information content (AvgIpc) is 2.38. The fourth-order valence-electron chi connectivity index (χ4n) is 1.85. The van der Waals surface area contributed by atoms with Crippen LogP contribution in [0.2, 0.25) is 0 Å². The van der Waals surface area contributed by atoms with E-state index in [1.807, 2.05) is 0 Å². The van der Waals surface area contributed by atoms with Gasteiger partial charge in [-0.3, -0.25) is 4.79 Å². The average molecular weight is 246 g/mol. The summed E-state index contributed by atoms with van der Waals surface area (Å²) in [6.07, 6.45) is 3.15. The summed E-state index contributed by atoms with van der Waals surface area (Å²) in [5.41, 5.74) is 3.68. The fourth-order valence-corrected chi connectivity index (χ4v) is 1.85. The van der Waals surface area contributed by atoms with E-state index in [1.165, 1.54) is 11.1 Å². The van der Waals surface area contributed by atoms with Gasteiger partial charge in [0.2, 0.25) is 5.91 Å². The molecule has 0 unspecified atom stereocenters. The second kappa shape index (κ2) is 7.54. The first-order chi connectivity index (χ1) is 8.69. The van der Waals surface area contributed by atoms with Crippen LogP contribution in [0.4, 0.5) is 5.69 Å². The number of carbonyl (C=O) groups is 1. The Bertz CT molecular complexity index is 413. The van der Waals surface area contributed by atoms with E-state index in [9.17, 15) is 4.79 Å². The molecule has 0 bridgehead atoms. The van der Waals surface area contributed by atoms with E-state index < -0.39 is 0 Å². The van der Waals surface area contributed by atoms with Crippen LogP contribution in [-0.4, -0.2) is 19.0 Å². The molecule has 2 N–H and O–H groups in total. The topological polar surface area (TPSA) is 41.1 Å². The molecule has 1 aromatic rings. The minimum Gasteiger partial charge on any atom is -0.384 e. The van der Waals surface area contributed by atoms with E-state index in [4.69, 9.17) is 0 Å². The molecular weight excluding hydrogens is 224 g/mol. The van der Waals surface area contributed by atoms with Crippen LogP contribution in [0.5, 0.6) is 0 Å². The molecule has 0 fully saturated rings. The molecule has 0 spiro atoms. The number of carbonyl (C=O) groups excluding carboxylic acids is 1. The third-order valence-electron chi connectivity index (χ3n) is 2.84. The molecule has 0 aromatic heterocycles. The molecule has 0 aliphatic rings. The highest BCUT2D eigenvalue weighted by atomic mass is 16.1. The maximum Gasteiger partial charge on any atom is 0.222 e. The number of amides is 1. The van der Waals surface area contributed by atoms with Crippen molar-refractivity contribution >= 4 is 11.6 Å². The SMILES string of the molecule is C=CCNC(=O)CCNc1c(C)cccc1CC. The lowest BCUT2D eigenvalue weighted by molar-refractivity contribution is -0.120. The number of para-hydroxylation sites is 1. The van der Waals surface area contributed by atoms with E-state index in [0.717, 1.165) is 12.1 Å². The smallest absolute Gasteiger partial charge is 0.222 e. The van der Waals surface area contributed by atoms with E-state index in [1.54, 1.807) is 6.08 Å². The number of hydrogen-bond acceptors (Lipinski definition) is 2. The van der Waals surface area contributed by atoms with Crippen LogP contribution < -0.4 is 10.6 Å². The lowest BCUT2D eigenvalue weighted by atomic mass is 10.1. The summed E-state index contributed by atoms with van der Waals surface area (Å²) >= 11 is 0. The molecule has 0 heterocycles. The van der Waals surface area contributed by atoms with Crippen LogP contribution in [0.15, 0.2) is 30.9 Å². The molecule has 3 heteroatoms. The summed E-state index contributed by atoms with van der Waals surface area (Å²) in [5.74, 6) is 0.0500. The van der Waals surface area contributed by atoms with Crippen molar-refractivity contribution in [3.8, 4) is 0 Å². The van der Waals surface area contributed by atoms with E-state index in [0.29, 0.717) is 19.5 Å². The summed E-state index contributed by atoms with van der Waals surface area (Å²) in [7, 11) is 0. The van der Waals surface area contributed by atoms with Crippen molar-refractivity contribution in [2.24, 2.45) is 0 Å². The van der Waals surface area contributed by atoms with Crippen LogP contribution in [0, 0.1) is 6.92 Å². The molecule has 0 saturated heterocycles. The summed E-state index contributed by atoms with van der Waals surface area (Å²) < 4.78 is 0. The first kappa shape index (κ1) is 14.3. The summed E-state index contributed by atoms with van der Waals surface area (Å²) in [5, 5.41) is 6.12. The highest BCUT2D eigenvalue weighted by Gasteiger charge is 2.04. The predicted octanol–water partition coefficient (Wildman–Crippen LogP) is 2.66. The molecule has 3 nitrogen and oxygen atoms in total. The molecular formula is C15H22N2O. The van der Waals surface area contributed by atoms with Crippen molar-refractivity contribution in [1.29, 1.82) is 0 Å². The molecule has 1 aromatic carbocycles. The molecule has 0 radical (unpaired) electrons. The number of nitrogens with one attached hydrogen (secondary N) is 2. The molecule has 98 valence electrons. The number of rotatable bonds is 7. The Labute approximate surface area is 109 Å². The zero-order valence-corrected chi connectivity index (χ0v) is 11.3. The number of benzene rings is 1. The number of aryl methyl sites for hydroxylation is 2. The van der Waals surface area contributed by atoms with Gasteiger partial charge in [-0.2, -0.15) is 0 Å². The van der Waals surface area contributed by atoms with Gasteiger partial charge in [0.25, 0.3) is 0 Å². The van der Waals surface area contributed by atoms with E-state index in [2.05, 4.69) is 49.3 Å². The monoisotopic (exact) mass is 246 g/mol. The van der Waals surface area contributed by atoms with Crippen LogP contribution in [0.25, 0.3) is 0 Å². The molecule has 0 aliphatic carbocycles. The normalized spacial score (nSPS) is 9.89. The van der Waals surface area contributed by atoms with Gasteiger partial charge in [-0.25, -0.2) is 0 Å². The zero-order valence-electron chi connectivity index (χ0n) is 11.3. The van der Waals surface area contributed by atoms with Gasteiger partial charge in [0.1, 0.15) is 0 Å². The van der Waals surface area contributed by atoms with Crippen LogP contribution in [-0.2, 0) is 11.2 Å². The van der Waals surface area contributed by atoms with Crippen molar-refractivity contribution in [3.05, 3.63) is 42.0 Å². The Morgan fingerprint density at radius 3 is 2.89 bits per heavy atom. The van der Waals surface area contributed by atoms with Gasteiger partial charge in [0.15, 0.2) is 0 Å². The Balaban J connectivity index is 2.48. The summed E-state index contributed by atoms with van der Waals surface area (Å²) in [4.78, 5) is 11.4.